The van der Waals surface area contributed by atoms with Crippen LogP contribution in [0.2, 0.25) is 0 Å². The van der Waals surface area contributed by atoms with Gasteiger partial charge in [0.25, 0.3) is 5.88 Å². The monoisotopic (exact) mass is 254 g/mol. The van der Waals surface area contributed by atoms with E-state index in [2.05, 4.69) is 4.98 Å². The Labute approximate surface area is 107 Å². The highest BCUT2D eigenvalue weighted by Crippen LogP contribution is 2.14. The van der Waals surface area contributed by atoms with Gasteiger partial charge in [-0.15, -0.1) is 0 Å². The molecule has 0 fully saturated rings. The van der Waals surface area contributed by atoms with Gasteiger partial charge in [-0.1, -0.05) is 13.8 Å². The minimum atomic E-state index is -0.568. The van der Waals surface area contributed by atoms with Gasteiger partial charge in [0.15, 0.2) is 5.82 Å². The highest BCUT2D eigenvalue weighted by atomic mass is 19.1. The van der Waals surface area contributed by atoms with Gasteiger partial charge in [-0.3, -0.25) is 0 Å². The fraction of sp³-hybridized carbons (Fsp3) is 0.538. The Kier molecular flexibility index (Phi) is 9.51. The third-order valence-corrected chi connectivity index (χ3v) is 1.97. The van der Waals surface area contributed by atoms with Crippen LogP contribution in [0.5, 0.6) is 5.88 Å². The quantitative estimate of drug-likeness (QED) is 0.792. The summed E-state index contributed by atoms with van der Waals surface area (Å²) >= 11 is 0. The Morgan fingerprint density at radius 2 is 2.06 bits per heavy atom. The molecule has 4 nitrogen and oxygen atoms in total. The zero-order chi connectivity index (χ0) is 13.8. The number of nitriles is 1. The molecule has 0 aliphatic carbocycles. The van der Waals surface area contributed by atoms with Crippen molar-refractivity contribution in [2.75, 3.05) is 13.2 Å². The number of aliphatic hydroxyl groups is 1. The molecule has 0 aromatic carbocycles. The summed E-state index contributed by atoms with van der Waals surface area (Å²) in [5.41, 5.74) is 0.131. The molecule has 0 spiro atoms. The Morgan fingerprint density at radius 1 is 1.33 bits per heavy atom. The van der Waals surface area contributed by atoms with E-state index in [1.807, 2.05) is 19.9 Å². The third kappa shape index (κ3) is 6.16. The highest BCUT2D eigenvalue weighted by molar-refractivity contribution is 5.26. The molecule has 0 atom stereocenters. The maximum Gasteiger partial charge on any atom is 0.251 e. The molecule has 1 heterocycles. The number of unbranched alkanes of at least 4 members (excludes halogenated alkanes) is 2. The van der Waals surface area contributed by atoms with Gasteiger partial charge in [0.1, 0.15) is 11.8 Å². The lowest BCUT2D eigenvalue weighted by atomic mass is 10.2. The molecule has 0 saturated carbocycles. The van der Waals surface area contributed by atoms with Crippen LogP contribution in [0.4, 0.5) is 4.39 Å². The number of aliphatic hydroxyl groups excluding tert-OH is 1. The molecule has 0 aliphatic rings. The number of pyridine rings is 1. The smallest absolute Gasteiger partial charge is 0.251 e. The van der Waals surface area contributed by atoms with E-state index in [1.54, 1.807) is 0 Å². The van der Waals surface area contributed by atoms with Gasteiger partial charge in [0.2, 0.25) is 0 Å². The first-order valence-corrected chi connectivity index (χ1v) is 6.08. The minimum Gasteiger partial charge on any atom is -0.476 e. The summed E-state index contributed by atoms with van der Waals surface area (Å²) in [4.78, 5) is 3.70. The molecular formula is C13H19FN2O2. The fourth-order valence-corrected chi connectivity index (χ4v) is 1.15. The lowest BCUT2D eigenvalue weighted by molar-refractivity contribution is 0.256. The summed E-state index contributed by atoms with van der Waals surface area (Å²) in [6.45, 7) is 4.48. The van der Waals surface area contributed by atoms with Gasteiger partial charge in [-0.05, 0) is 31.4 Å². The number of rotatable bonds is 6. The van der Waals surface area contributed by atoms with Crippen LogP contribution in [0.3, 0.4) is 0 Å². The van der Waals surface area contributed by atoms with Gasteiger partial charge < -0.3 is 9.84 Å². The maximum absolute atomic E-state index is 13.1. The molecule has 1 aromatic rings. The first kappa shape index (κ1) is 16.3. The van der Waals surface area contributed by atoms with Gasteiger partial charge in [0.05, 0.1) is 6.61 Å². The largest absolute Gasteiger partial charge is 0.476 e. The first-order valence-electron chi connectivity index (χ1n) is 6.08. The molecular weight excluding hydrogens is 235 g/mol. The molecule has 0 aliphatic heterocycles. The maximum atomic E-state index is 13.1. The summed E-state index contributed by atoms with van der Waals surface area (Å²) in [6, 6.07) is 4.28. The number of halogens is 1. The standard InChI is InChI=1S/C11H13FN2O2.C2H6/c12-10-5-4-9(8-13)14-11(10)16-7-3-1-2-6-15;1-2/h4-5,15H,1-3,6-7H2;1-2H3. The van der Waals surface area contributed by atoms with E-state index < -0.39 is 5.82 Å². The van der Waals surface area contributed by atoms with Crippen LogP contribution in [-0.4, -0.2) is 23.3 Å². The van der Waals surface area contributed by atoms with Crippen LogP contribution < -0.4 is 4.74 Å². The molecule has 100 valence electrons. The van der Waals surface area contributed by atoms with Crippen molar-refractivity contribution in [3.63, 3.8) is 0 Å². The van der Waals surface area contributed by atoms with Gasteiger partial charge in [0, 0.05) is 6.61 Å². The van der Waals surface area contributed by atoms with Crippen LogP contribution in [-0.2, 0) is 0 Å². The fourth-order valence-electron chi connectivity index (χ4n) is 1.15. The Hall–Kier alpha value is -1.67. The Balaban J connectivity index is 0.00000137. The van der Waals surface area contributed by atoms with E-state index in [0.717, 1.165) is 18.9 Å². The van der Waals surface area contributed by atoms with Crippen molar-refractivity contribution in [2.24, 2.45) is 0 Å². The second-order valence-electron chi connectivity index (χ2n) is 3.23. The Morgan fingerprint density at radius 3 is 2.67 bits per heavy atom. The number of ether oxygens (including phenoxy) is 1. The van der Waals surface area contributed by atoms with Gasteiger partial charge in [-0.25, -0.2) is 9.37 Å². The van der Waals surface area contributed by atoms with E-state index in [1.165, 1.54) is 6.07 Å². The summed E-state index contributed by atoms with van der Waals surface area (Å²) in [5.74, 6) is -0.704. The third-order valence-electron chi connectivity index (χ3n) is 1.97. The first-order chi connectivity index (χ1) is 8.77. The van der Waals surface area contributed by atoms with Crippen molar-refractivity contribution < 1.29 is 14.2 Å². The van der Waals surface area contributed by atoms with E-state index in [-0.39, 0.29) is 18.2 Å². The van der Waals surface area contributed by atoms with E-state index in [9.17, 15) is 4.39 Å². The topological polar surface area (TPSA) is 66.1 Å². The summed E-state index contributed by atoms with van der Waals surface area (Å²) in [6.07, 6.45) is 2.24. The molecule has 1 N–H and O–H groups in total. The lowest BCUT2D eigenvalue weighted by Crippen LogP contribution is -2.02. The van der Waals surface area contributed by atoms with Crippen molar-refractivity contribution in [1.29, 1.82) is 5.26 Å². The second kappa shape index (κ2) is 10.5. The number of nitrogens with zero attached hydrogens (tertiary/aromatic N) is 2. The predicted molar refractivity (Wildman–Crippen MR) is 66.7 cm³/mol. The SMILES string of the molecule is CC.N#Cc1ccc(F)c(OCCCCCO)n1. The highest BCUT2D eigenvalue weighted by Gasteiger charge is 2.06. The molecule has 0 radical (unpaired) electrons. The van der Waals surface area contributed by atoms with Crippen LogP contribution in [0.15, 0.2) is 12.1 Å². The number of hydrogen-bond acceptors (Lipinski definition) is 4. The Bertz CT molecular complexity index is 378. The zero-order valence-corrected chi connectivity index (χ0v) is 10.8. The average Bonchev–Trinajstić information content (AvgIpc) is 2.43. The van der Waals surface area contributed by atoms with Crippen molar-refractivity contribution in [3.8, 4) is 11.9 Å². The molecule has 0 amide bonds. The van der Waals surface area contributed by atoms with Crippen LogP contribution in [0.25, 0.3) is 0 Å². The lowest BCUT2D eigenvalue weighted by Gasteiger charge is -2.05. The van der Waals surface area contributed by atoms with Crippen molar-refractivity contribution in [3.05, 3.63) is 23.6 Å². The molecule has 0 bridgehead atoms. The predicted octanol–water partition coefficient (Wildman–Crippen LogP) is 2.66. The minimum absolute atomic E-state index is 0.131. The summed E-state index contributed by atoms with van der Waals surface area (Å²) < 4.78 is 18.3. The van der Waals surface area contributed by atoms with Gasteiger partial charge in [-0.2, -0.15) is 5.26 Å². The van der Waals surface area contributed by atoms with Gasteiger partial charge >= 0.3 is 0 Å². The molecule has 1 rings (SSSR count). The van der Waals surface area contributed by atoms with Crippen molar-refractivity contribution in [2.45, 2.75) is 33.1 Å². The zero-order valence-electron chi connectivity index (χ0n) is 10.8. The molecule has 0 saturated heterocycles. The average molecular weight is 254 g/mol. The van der Waals surface area contributed by atoms with Crippen LogP contribution in [0.1, 0.15) is 38.8 Å². The summed E-state index contributed by atoms with van der Waals surface area (Å²) in [7, 11) is 0. The second-order valence-corrected chi connectivity index (χ2v) is 3.23. The number of aromatic nitrogens is 1. The molecule has 5 heteroatoms. The molecule has 18 heavy (non-hydrogen) atoms. The van der Waals surface area contributed by atoms with E-state index >= 15 is 0 Å². The van der Waals surface area contributed by atoms with Crippen molar-refractivity contribution >= 4 is 0 Å². The number of hydrogen-bond donors (Lipinski definition) is 1. The van der Waals surface area contributed by atoms with Crippen LogP contribution in [0, 0.1) is 17.1 Å². The van der Waals surface area contributed by atoms with E-state index in [0.29, 0.717) is 13.0 Å². The molecule has 0 unspecified atom stereocenters. The van der Waals surface area contributed by atoms with Crippen LogP contribution >= 0.6 is 0 Å². The summed E-state index contributed by atoms with van der Waals surface area (Å²) in [5, 5.41) is 17.1. The normalized spacial score (nSPS) is 9.06. The molecule has 1 aromatic heterocycles. The van der Waals surface area contributed by atoms with E-state index in [4.69, 9.17) is 15.1 Å². The van der Waals surface area contributed by atoms with Crippen molar-refractivity contribution in [1.82, 2.24) is 4.98 Å².